The second-order valence-corrected chi connectivity index (χ2v) is 6.42. The highest BCUT2D eigenvalue weighted by atomic mass is 32.2. The topological polar surface area (TPSA) is 29.1 Å². The van der Waals surface area contributed by atoms with Crippen LogP contribution < -0.4 is 5.32 Å². The minimum atomic E-state index is -4.55. The van der Waals surface area contributed by atoms with Gasteiger partial charge in [-0.3, -0.25) is 4.21 Å². The van der Waals surface area contributed by atoms with E-state index in [0.717, 1.165) is 12.1 Å². The molecule has 0 saturated carbocycles. The largest absolute Gasteiger partial charge is 0.416 e. The van der Waals surface area contributed by atoms with Gasteiger partial charge in [0.05, 0.1) is 5.56 Å². The number of halogens is 4. The number of hydrogen-bond acceptors (Lipinski definition) is 2. The number of hydrogen-bond donors (Lipinski definition) is 1. The van der Waals surface area contributed by atoms with Gasteiger partial charge in [-0.05, 0) is 36.7 Å². The van der Waals surface area contributed by atoms with E-state index in [0.29, 0.717) is 19.0 Å². The van der Waals surface area contributed by atoms with Crippen molar-refractivity contribution >= 4 is 10.8 Å². The van der Waals surface area contributed by atoms with Gasteiger partial charge >= 0.3 is 6.18 Å². The maximum Gasteiger partial charge on any atom is 0.416 e. The Labute approximate surface area is 118 Å². The summed E-state index contributed by atoms with van der Waals surface area (Å²) in [6.45, 7) is 2.49. The summed E-state index contributed by atoms with van der Waals surface area (Å²) < 4.78 is 61.8. The highest BCUT2D eigenvalue weighted by Gasteiger charge is 2.31. The Hall–Kier alpha value is -0.950. The van der Waals surface area contributed by atoms with Crippen molar-refractivity contribution in [3.05, 3.63) is 35.1 Å². The van der Waals surface area contributed by atoms with Crippen LogP contribution in [0.15, 0.2) is 18.2 Å². The van der Waals surface area contributed by atoms with Crippen LogP contribution in [0.4, 0.5) is 17.6 Å². The fourth-order valence-electron chi connectivity index (χ4n) is 1.62. The molecule has 1 aromatic carbocycles. The lowest BCUT2D eigenvalue weighted by Crippen LogP contribution is -2.21. The van der Waals surface area contributed by atoms with Gasteiger partial charge in [0.25, 0.3) is 0 Å². The Balaban J connectivity index is 2.56. The van der Waals surface area contributed by atoms with E-state index in [9.17, 15) is 21.8 Å². The molecule has 0 aromatic heterocycles. The summed E-state index contributed by atoms with van der Waals surface area (Å²) in [4.78, 5) is 0. The molecule has 2 nitrogen and oxygen atoms in total. The van der Waals surface area contributed by atoms with Gasteiger partial charge in [-0.2, -0.15) is 13.2 Å². The van der Waals surface area contributed by atoms with Gasteiger partial charge in [0, 0.05) is 28.9 Å². The Morgan fingerprint density at radius 1 is 1.30 bits per heavy atom. The standard InChI is InChI=1S/C13H17F4NOS/c1-9(20(2)19)3-4-18-8-10-5-11(13(15,16)17)7-12(14)6-10/h5-7,9,18H,3-4,8H2,1-2H3. The maximum absolute atomic E-state index is 13.1. The molecule has 1 aromatic rings. The predicted octanol–water partition coefficient (Wildman–Crippen LogP) is 3.09. The first-order valence-corrected chi connectivity index (χ1v) is 7.72. The third-order valence-electron chi connectivity index (χ3n) is 2.91. The average Bonchev–Trinajstić information content (AvgIpc) is 2.32. The maximum atomic E-state index is 13.1. The van der Waals surface area contributed by atoms with Crippen LogP contribution in [0.5, 0.6) is 0 Å². The fraction of sp³-hybridized carbons (Fsp3) is 0.538. The van der Waals surface area contributed by atoms with Gasteiger partial charge in [0.1, 0.15) is 5.82 Å². The van der Waals surface area contributed by atoms with Gasteiger partial charge in [-0.1, -0.05) is 6.92 Å². The fourth-order valence-corrected chi connectivity index (χ4v) is 2.07. The molecule has 20 heavy (non-hydrogen) atoms. The first-order valence-electron chi connectivity index (χ1n) is 6.09. The lowest BCUT2D eigenvalue weighted by molar-refractivity contribution is -0.137. The van der Waals surface area contributed by atoms with Gasteiger partial charge < -0.3 is 5.32 Å². The zero-order valence-electron chi connectivity index (χ0n) is 11.3. The first kappa shape index (κ1) is 17.1. The molecule has 2 atom stereocenters. The zero-order chi connectivity index (χ0) is 15.3. The molecule has 0 fully saturated rings. The van der Waals surface area contributed by atoms with E-state index in [1.807, 2.05) is 6.92 Å². The minimum Gasteiger partial charge on any atom is -0.313 e. The molecule has 0 bridgehead atoms. The van der Waals surface area contributed by atoms with Crippen molar-refractivity contribution in [1.82, 2.24) is 5.32 Å². The summed E-state index contributed by atoms with van der Waals surface area (Å²) in [6.07, 6.45) is -2.30. The Kier molecular flexibility index (Phi) is 6.13. The molecule has 0 aliphatic rings. The highest BCUT2D eigenvalue weighted by Crippen LogP contribution is 2.30. The van der Waals surface area contributed by atoms with Crippen LogP contribution in [-0.4, -0.2) is 22.3 Å². The van der Waals surface area contributed by atoms with Crippen molar-refractivity contribution in [3.8, 4) is 0 Å². The number of benzene rings is 1. The van der Waals surface area contributed by atoms with E-state index in [1.165, 1.54) is 0 Å². The average molecular weight is 311 g/mol. The van der Waals surface area contributed by atoms with Crippen molar-refractivity contribution in [1.29, 1.82) is 0 Å². The predicted molar refractivity (Wildman–Crippen MR) is 71.3 cm³/mol. The third-order valence-corrected chi connectivity index (χ3v) is 4.28. The van der Waals surface area contributed by atoms with Gasteiger partial charge in [-0.25, -0.2) is 4.39 Å². The number of nitrogens with one attached hydrogen (secondary N) is 1. The molecule has 0 saturated heterocycles. The van der Waals surface area contributed by atoms with Gasteiger partial charge in [-0.15, -0.1) is 0 Å². The molecule has 7 heteroatoms. The smallest absolute Gasteiger partial charge is 0.313 e. The van der Waals surface area contributed by atoms with Crippen LogP contribution in [0.2, 0.25) is 0 Å². The van der Waals surface area contributed by atoms with E-state index in [-0.39, 0.29) is 17.4 Å². The molecule has 0 aliphatic heterocycles. The molecule has 0 radical (unpaired) electrons. The zero-order valence-corrected chi connectivity index (χ0v) is 12.1. The van der Waals surface area contributed by atoms with Crippen LogP contribution in [0.3, 0.4) is 0 Å². The van der Waals surface area contributed by atoms with Crippen LogP contribution in [0.1, 0.15) is 24.5 Å². The lowest BCUT2D eigenvalue weighted by atomic mass is 10.1. The van der Waals surface area contributed by atoms with E-state index in [2.05, 4.69) is 5.32 Å². The normalized spacial score (nSPS) is 15.1. The molecule has 2 unspecified atom stereocenters. The molecule has 114 valence electrons. The second kappa shape index (κ2) is 7.17. The highest BCUT2D eigenvalue weighted by molar-refractivity contribution is 7.84. The van der Waals surface area contributed by atoms with E-state index >= 15 is 0 Å². The summed E-state index contributed by atoms with van der Waals surface area (Å²) in [6, 6.07) is 2.48. The number of alkyl halides is 3. The SMILES string of the molecule is CC(CCNCc1cc(F)cc(C(F)(F)F)c1)S(C)=O. The summed E-state index contributed by atoms with van der Waals surface area (Å²) in [5.41, 5.74) is -0.750. The third kappa shape index (κ3) is 5.58. The second-order valence-electron chi connectivity index (χ2n) is 4.62. The Morgan fingerprint density at radius 3 is 2.50 bits per heavy atom. The van der Waals surface area contributed by atoms with Gasteiger partial charge in [0.15, 0.2) is 0 Å². The summed E-state index contributed by atoms with van der Waals surface area (Å²) in [5, 5.41) is 2.94. The summed E-state index contributed by atoms with van der Waals surface area (Å²) >= 11 is 0. The summed E-state index contributed by atoms with van der Waals surface area (Å²) in [7, 11) is -0.926. The Bertz CT molecular complexity index is 476. The van der Waals surface area contributed by atoms with Crippen molar-refractivity contribution in [2.45, 2.75) is 31.3 Å². The molecule has 0 amide bonds. The number of rotatable bonds is 6. The molecular weight excluding hydrogens is 294 g/mol. The molecule has 1 N–H and O–H groups in total. The van der Waals surface area contributed by atoms with E-state index < -0.39 is 28.4 Å². The molecule has 0 heterocycles. The quantitative estimate of drug-likeness (QED) is 0.646. The monoisotopic (exact) mass is 311 g/mol. The van der Waals surface area contributed by atoms with Crippen molar-refractivity contribution < 1.29 is 21.8 Å². The Morgan fingerprint density at radius 2 is 1.95 bits per heavy atom. The molecular formula is C13H17F4NOS. The molecule has 0 aliphatic carbocycles. The lowest BCUT2D eigenvalue weighted by Gasteiger charge is -2.11. The van der Waals surface area contributed by atoms with Crippen LogP contribution in [0, 0.1) is 5.82 Å². The van der Waals surface area contributed by atoms with Crippen LogP contribution >= 0.6 is 0 Å². The van der Waals surface area contributed by atoms with Crippen molar-refractivity contribution in [3.63, 3.8) is 0 Å². The molecule has 1 rings (SSSR count). The van der Waals surface area contributed by atoms with E-state index in [1.54, 1.807) is 6.26 Å². The van der Waals surface area contributed by atoms with Crippen molar-refractivity contribution in [2.24, 2.45) is 0 Å². The van der Waals surface area contributed by atoms with Gasteiger partial charge in [0.2, 0.25) is 0 Å². The summed E-state index contributed by atoms with van der Waals surface area (Å²) in [5.74, 6) is -0.903. The van der Waals surface area contributed by atoms with Crippen LogP contribution in [0.25, 0.3) is 0 Å². The molecule has 0 spiro atoms. The van der Waals surface area contributed by atoms with Crippen molar-refractivity contribution in [2.75, 3.05) is 12.8 Å². The first-order chi connectivity index (χ1) is 9.20. The van der Waals surface area contributed by atoms with E-state index in [4.69, 9.17) is 0 Å². The van der Waals surface area contributed by atoms with Crippen LogP contribution in [-0.2, 0) is 23.5 Å². The minimum absolute atomic E-state index is 0.0146.